The van der Waals surface area contributed by atoms with Gasteiger partial charge >= 0.3 is 0 Å². The van der Waals surface area contributed by atoms with Crippen molar-refractivity contribution in [3.8, 4) is 16.9 Å². The fraction of sp³-hybridized carbons (Fsp3) is 0.235. The second-order valence-electron chi connectivity index (χ2n) is 5.86. The molecule has 7 nitrogen and oxygen atoms in total. The monoisotopic (exact) mass is 356 g/mol. The molecule has 0 bridgehead atoms. The van der Waals surface area contributed by atoms with Crippen molar-refractivity contribution >= 4 is 15.9 Å². The summed E-state index contributed by atoms with van der Waals surface area (Å²) in [7, 11) is -3.93. The molecule has 0 radical (unpaired) electrons. The minimum atomic E-state index is -3.93. The number of hydrogen-bond donors (Lipinski definition) is 1. The first-order chi connectivity index (χ1) is 12.0. The number of aliphatic imine (C=N–C) groups is 1. The van der Waals surface area contributed by atoms with Gasteiger partial charge in [0.25, 0.3) is 0 Å². The number of nitrogens with zero attached hydrogens (tertiary/aromatic N) is 3. The van der Waals surface area contributed by atoms with E-state index in [0.717, 1.165) is 36.3 Å². The highest BCUT2D eigenvalue weighted by Crippen LogP contribution is 2.34. The SMILES string of the molecule is NS(=O)(=O)c1cccc(-c2ccc3c(c2)CCCO3)c1C1=NCN=N1. The molecule has 8 heteroatoms. The van der Waals surface area contributed by atoms with Crippen molar-refractivity contribution in [2.75, 3.05) is 13.3 Å². The van der Waals surface area contributed by atoms with Crippen LogP contribution >= 0.6 is 0 Å². The molecule has 2 aromatic carbocycles. The molecule has 0 saturated carbocycles. The lowest BCUT2D eigenvalue weighted by atomic mass is 9.95. The summed E-state index contributed by atoms with van der Waals surface area (Å²) >= 11 is 0. The van der Waals surface area contributed by atoms with Crippen molar-refractivity contribution in [1.82, 2.24) is 0 Å². The van der Waals surface area contributed by atoms with E-state index in [2.05, 4.69) is 15.2 Å². The predicted molar refractivity (Wildman–Crippen MR) is 93.3 cm³/mol. The maximum atomic E-state index is 12.1. The number of sulfonamides is 1. The Morgan fingerprint density at radius 1 is 1.16 bits per heavy atom. The Morgan fingerprint density at radius 2 is 2.04 bits per heavy atom. The van der Waals surface area contributed by atoms with E-state index >= 15 is 0 Å². The summed E-state index contributed by atoms with van der Waals surface area (Å²) in [4.78, 5) is 4.19. The molecule has 2 aromatic rings. The molecular formula is C17H16N4O3S. The van der Waals surface area contributed by atoms with E-state index in [4.69, 9.17) is 9.88 Å². The molecule has 2 aliphatic rings. The number of azo groups is 1. The second-order valence-corrected chi connectivity index (χ2v) is 7.39. The molecular weight excluding hydrogens is 340 g/mol. The van der Waals surface area contributed by atoms with Gasteiger partial charge in [-0.15, -0.1) is 5.11 Å². The highest BCUT2D eigenvalue weighted by Gasteiger charge is 2.24. The van der Waals surface area contributed by atoms with E-state index in [-0.39, 0.29) is 17.4 Å². The molecule has 0 aromatic heterocycles. The van der Waals surface area contributed by atoms with Gasteiger partial charge in [0.15, 0.2) is 12.5 Å². The number of primary sulfonamides is 1. The van der Waals surface area contributed by atoms with Crippen molar-refractivity contribution in [3.05, 3.63) is 47.5 Å². The predicted octanol–water partition coefficient (Wildman–Crippen LogP) is 2.50. The summed E-state index contributed by atoms with van der Waals surface area (Å²) in [6, 6.07) is 10.8. The Kier molecular flexibility index (Phi) is 3.85. The first-order valence-corrected chi connectivity index (χ1v) is 9.43. The molecule has 0 fully saturated rings. The fourth-order valence-electron chi connectivity index (χ4n) is 3.13. The zero-order chi connectivity index (χ0) is 17.4. The largest absolute Gasteiger partial charge is 0.493 e. The average Bonchev–Trinajstić information content (AvgIpc) is 3.14. The Hall–Kier alpha value is -2.58. The number of nitrogens with two attached hydrogens (primary N) is 1. The minimum absolute atomic E-state index is 0.00132. The number of amidine groups is 1. The van der Waals surface area contributed by atoms with Gasteiger partial charge in [-0.05, 0) is 47.7 Å². The van der Waals surface area contributed by atoms with Crippen molar-refractivity contribution < 1.29 is 13.2 Å². The van der Waals surface area contributed by atoms with Gasteiger partial charge in [-0.1, -0.05) is 18.2 Å². The smallest absolute Gasteiger partial charge is 0.238 e. The molecule has 0 unspecified atom stereocenters. The Morgan fingerprint density at radius 3 is 2.80 bits per heavy atom. The third-order valence-electron chi connectivity index (χ3n) is 4.23. The van der Waals surface area contributed by atoms with Crippen LogP contribution in [0.2, 0.25) is 0 Å². The number of hydrogen-bond acceptors (Lipinski definition) is 6. The van der Waals surface area contributed by atoms with E-state index in [9.17, 15) is 8.42 Å². The van der Waals surface area contributed by atoms with Gasteiger partial charge in [-0.3, -0.25) is 0 Å². The third kappa shape index (κ3) is 2.94. The molecule has 2 aliphatic heterocycles. The first-order valence-electron chi connectivity index (χ1n) is 7.88. The van der Waals surface area contributed by atoms with Crippen LogP contribution in [0.3, 0.4) is 0 Å². The van der Waals surface area contributed by atoms with Gasteiger partial charge in [0.05, 0.1) is 11.5 Å². The summed E-state index contributed by atoms with van der Waals surface area (Å²) in [6.45, 7) is 0.904. The van der Waals surface area contributed by atoms with Gasteiger partial charge in [0, 0.05) is 5.56 Å². The summed E-state index contributed by atoms with van der Waals surface area (Å²) in [5, 5.41) is 13.2. The maximum Gasteiger partial charge on any atom is 0.238 e. The van der Waals surface area contributed by atoms with Crippen LogP contribution in [0.15, 0.2) is 56.5 Å². The number of ether oxygens (including phenoxy) is 1. The van der Waals surface area contributed by atoms with Gasteiger partial charge in [0.2, 0.25) is 10.0 Å². The van der Waals surface area contributed by atoms with Gasteiger partial charge in [-0.25, -0.2) is 18.5 Å². The zero-order valence-corrected chi connectivity index (χ0v) is 14.2. The molecule has 128 valence electrons. The lowest BCUT2D eigenvalue weighted by molar-refractivity contribution is 0.288. The van der Waals surface area contributed by atoms with Crippen LogP contribution in [0.4, 0.5) is 0 Å². The molecule has 2 heterocycles. The standard InChI is InChI=1S/C17H16N4O3S/c18-25(22,23)15-5-1-4-13(16(15)17-19-10-20-21-17)11-6-7-14-12(9-11)3-2-8-24-14/h1,4-7,9H,2-3,8,10H2,(H2,18,22,23). The van der Waals surface area contributed by atoms with Crippen molar-refractivity contribution in [3.63, 3.8) is 0 Å². The summed E-state index contributed by atoms with van der Waals surface area (Å²) in [5.74, 6) is 1.16. The maximum absolute atomic E-state index is 12.1. The highest BCUT2D eigenvalue weighted by molar-refractivity contribution is 7.89. The molecule has 2 N–H and O–H groups in total. The number of aryl methyl sites for hydroxylation is 1. The number of rotatable bonds is 3. The summed E-state index contributed by atoms with van der Waals surface area (Å²) in [5.41, 5.74) is 3.07. The Labute approximate surface area is 145 Å². The highest BCUT2D eigenvalue weighted by atomic mass is 32.2. The third-order valence-corrected chi connectivity index (χ3v) is 5.18. The van der Waals surface area contributed by atoms with Gasteiger partial charge in [-0.2, -0.15) is 5.11 Å². The topological polar surface area (TPSA) is 106 Å². The quantitative estimate of drug-likeness (QED) is 0.913. The van der Waals surface area contributed by atoms with Crippen LogP contribution in [0.25, 0.3) is 11.1 Å². The van der Waals surface area contributed by atoms with E-state index in [1.807, 2.05) is 24.3 Å². The summed E-state index contributed by atoms with van der Waals surface area (Å²) in [6.07, 6.45) is 1.88. The number of benzene rings is 2. The normalized spacial score (nSPS) is 16.3. The van der Waals surface area contributed by atoms with E-state index < -0.39 is 10.0 Å². The molecule has 0 saturated heterocycles. The van der Waals surface area contributed by atoms with Crippen LogP contribution in [-0.4, -0.2) is 27.5 Å². The fourth-order valence-corrected chi connectivity index (χ4v) is 3.88. The lowest BCUT2D eigenvalue weighted by Gasteiger charge is -2.19. The lowest BCUT2D eigenvalue weighted by Crippen LogP contribution is -2.17. The van der Waals surface area contributed by atoms with Crippen LogP contribution < -0.4 is 9.88 Å². The van der Waals surface area contributed by atoms with Crippen molar-refractivity contribution in [2.45, 2.75) is 17.7 Å². The Bertz CT molecular complexity index is 1010. The second kappa shape index (κ2) is 6.05. The average molecular weight is 356 g/mol. The van der Waals surface area contributed by atoms with E-state index in [1.54, 1.807) is 6.07 Å². The first kappa shape index (κ1) is 15.9. The zero-order valence-electron chi connectivity index (χ0n) is 13.3. The van der Waals surface area contributed by atoms with Crippen LogP contribution in [0.5, 0.6) is 5.75 Å². The van der Waals surface area contributed by atoms with Crippen LogP contribution in [-0.2, 0) is 16.4 Å². The van der Waals surface area contributed by atoms with Crippen LogP contribution in [0, 0.1) is 0 Å². The van der Waals surface area contributed by atoms with Crippen molar-refractivity contribution in [1.29, 1.82) is 0 Å². The summed E-state index contributed by atoms with van der Waals surface area (Å²) < 4.78 is 29.8. The van der Waals surface area contributed by atoms with Gasteiger partial charge in [0.1, 0.15) is 5.75 Å². The number of fused-ring (bicyclic) bond motifs is 1. The molecule has 0 atom stereocenters. The molecule has 4 rings (SSSR count). The van der Waals surface area contributed by atoms with E-state index in [0.29, 0.717) is 11.1 Å². The van der Waals surface area contributed by atoms with E-state index in [1.165, 1.54) is 6.07 Å². The minimum Gasteiger partial charge on any atom is -0.493 e. The Balaban J connectivity index is 1.95. The molecule has 0 amide bonds. The molecule has 0 aliphatic carbocycles. The van der Waals surface area contributed by atoms with Crippen molar-refractivity contribution in [2.24, 2.45) is 20.4 Å². The van der Waals surface area contributed by atoms with Crippen LogP contribution in [0.1, 0.15) is 17.5 Å². The van der Waals surface area contributed by atoms with Gasteiger partial charge < -0.3 is 4.74 Å². The molecule has 25 heavy (non-hydrogen) atoms. The molecule has 0 spiro atoms.